The molecule has 0 atom stereocenters. The number of aryl methyl sites for hydroxylation is 2. The predicted octanol–water partition coefficient (Wildman–Crippen LogP) is 3.26. The van der Waals surface area contributed by atoms with E-state index < -0.39 is 16.6 Å². The Balaban J connectivity index is 2.33. The molecular weight excluding hydrogens is 320 g/mol. The summed E-state index contributed by atoms with van der Waals surface area (Å²) in [6, 6.07) is 11.5. The van der Waals surface area contributed by atoms with Crippen molar-refractivity contribution in [1.29, 1.82) is 0 Å². The molecule has 2 aromatic rings. The summed E-state index contributed by atoms with van der Waals surface area (Å²) < 4.78 is 6.70. The molecule has 0 aliphatic rings. The molecule has 124 valence electrons. The van der Waals surface area contributed by atoms with Crippen molar-refractivity contribution < 1.29 is 14.3 Å². The second kappa shape index (κ2) is 6.15. The molecule has 0 saturated carbocycles. The second-order valence-electron chi connectivity index (χ2n) is 7.13. The van der Waals surface area contributed by atoms with Crippen LogP contribution in [0.1, 0.15) is 11.1 Å². The summed E-state index contributed by atoms with van der Waals surface area (Å²) in [7, 11) is -4.19. The fourth-order valence-corrected chi connectivity index (χ4v) is 11.0. The van der Waals surface area contributed by atoms with Gasteiger partial charge in [-0.3, -0.25) is 0 Å². The molecule has 0 saturated heterocycles. The third kappa shape index (κ3) is 3.86. The highest BCUT2D eigenvalue weighted by Gasteiger charge is 2.36. The van der Waals surface area contributed by atoms with Crippen LogP contribution in [0.25, 0.3) is 0 Å². The van der Waals surface area contributed by atoms with Crippen LogP contribution in [0.5, 0.6) is 11.5 Å². The highest BCUT2D eigenvalue weighted by molar-refractivity contribution is 6.96. The van der Waals surface area contributed by atoms with E-state index in [0.29, 0.717) is 11.5 Å². The first kappa shape index (κ1) is 17.8. The van der Waals surface area contributed by atoms with Gasteiger partial charge in [0.25, 0.3) is 0 Å². The zero-order valence-electron chi connectivity index (χ0n) is 14.8. The monoisotopic (exact) mass is 346 g/mol. The minimum absolute atomic E-state index is 0.323. The van der Waals surface area contributed by atoms with Gasteiger partial charge in [-0.15, -0.1) is 0 Å². The third-order valence-corrected chi connectivity index (χ3v) is 11.8. The number of phenolic OH excluding ortho intramolecular Hbond substituents is 2. The fourth-order valence-electron chi connectivity index (χ4n) is 2.82. The molecule has 2 rings (SSSR count). The van der Waals surface area contributed by atoms with Crippen molar-refractivity contribution in [3.63, 3.8) is 0 Å². The van der Waals surface area contributed by atoms with E-state index in [1.165, 1.54) is 10.4 Å². The Morgan fingerprint density at radius 2 is 1.04 bits per heavy atom. The van der Waals surface area contributed by atoms with Crippen molar-refractivity contribution in [3.8, 4) is 11.5 Å². The topological polar surface area (TPSA) is 49.7 Å². The van der Waals surface area contributed by atoms with E-state index in [0.717, 1.165) is 11.1 Å². The largest absolute Gasteiger partial charge is 0.508 e. The Kier molecular flexibility index (Phi) is 4.75. The molecule has 5 heteroatoms. The van der Waals surface area contributed by atoms with E-state index in [1.54, 1.807) is 12.1 Å². The molecule has 0 aliphatic carbocycles. The number of benzene rings is 2. The van der Waals surface area contributed by atoms with E-state index in [9.17, 15) is 10.2 Å². The lowest BCUT2D eigenvalue weighted by Gasteiger charge is -2.35. The van der Waals surface area contributed by atoms with Crippen LogP contribution in [-0.4, -0.2) is 26.8 Å². The smallest absolute Gasteiger partial charge is 0.206 e. The van der Waals surface area contributed by atoms with Crippen LogP contribution in [0, 0.1) is 13.8 Å². The average molecular weight is 347 g/mol. The van der Waals surface area contributed by atoms with Crippen LogP contribution >= 0.6 is 0 Å². The first-order valence-electron chi connectivity index (χ1n) is 7.83. The highest BCUT2D eigenvalue weighted by atomic mass is 28.4. The summed E-state index contributed by atoms with van der Waals surface area (Å²) in [5, 5.41) is 21.8. The van der Waals surface area contributed by atoms with Crippen LogP contribution in [0.2, 0.25) is 26.2 Å². The van der Waals surface area contributed by atoms with E-state index in [4.69, 9.17) is 4.12 Å². The zero-order chi connectivity index (χ0) is 17.4. The quantitative estimate of drug-likeness (QED) is 0.836. The van der Waals surface area contributed by atoms with Gasteiger partial charge in [0.05, 0.1) is 0 Å². The minimum Gasteiger partial charge on any atom is -0.508 e. The molecule has 0 unspecified atom stereocenters. The lowest BCUT2D eigenvalue weighted by Crippen LogP contribution is -2.57. The number of hydrogen-bond acceptors (Lipinski definition) is 3. The van der Waals surface area contributed by atoms with Gasteiger partial charge >= 0.3 is 0 Å². The molecule has 0 amide bonds. The van der Waals surface area contributed by atoms with E-state index in [1.807, 2.05) is 38.1 Å². The highest BCUT2D eigenvalue weighted by Crippen LogP contribution is 2.21. The summed E-state index contributed by atoms with van der Waals surface area (Å²) in [6.45, 7) is 12.6. The van der Waals surface area contributed by atoms with Gasteiger partial charge in [-0.2, -0.15) is 0 Å². The molecule has 0 fully saturated rings. The Labute approximate surface area is 140 Å². The van der Waals surface area contributed by atoms with Crippen LogP contribution in [0.3, 0.4) is 0 Å². The minimum atomic E-state index is -2.09. The summed E-state index contributed by atoms with van der Waals surface area (Å²) >= 11 is 0. The number of phenols is 2. The molecule has 3 nitrogen and oxygen atoms in total. The van der Waals surface area contributed by atoms with E-state index in [-0.39, 0.29) is 0 Å². The standard InChI is InChI=1S/C18H26O3Si2/c1-13-11-15(7-9-17(13)19)22(3,4)21-23(5,6)16-8-10-18(20)14(2)12-16/h7-12,19-20H,1-6H3. The SMILES string of the molecule is Cc1cc([Si](C)(C)O[Si](C)(C)c2ccc(O)c(C)c2)ccc1O. The van der Waals surface area contributed by atoms with E-state index >= 15 is 0 Å². The van der Waals surface area contributed by atoms with Crippen molar-refractivity contribution >= 4 is 27.0 Å². The summed E-state index contributed by atoms with van der Waals surface area (Å²) in [5.74, 6) is 0.647. The summed E-state index contributed by atoms with van der Waals surface area (Å²) in [4.78, 5) is 0. The first-order valence-corrected chi connectivity index (χ1v) is 13.6. The number of hydrogen-bond donors (Lipinski definition) is 2. The predicted molar refractivity (Wildman–Crippen MR) is 101 cm³/mol. The number of aromatic hydroxyl groups is 2. The molecule has 2 N–H and O–H groups in total. The van der Waals surface area contributed by atoms with Crippen LogP contribution < -0.4 is 10.4 Å². The van der Waals surface area contributed by atoms with Gasteiger partial charge in [0, 0.05) is 0 Å². The van der Waals surface area contributed by atoms with Crippen molar-refractivity contribution in [1.82, 2.24) is 0 Å². The first-order chi connectivity index (χ1) is 10.5. The van der Waals surface area contributed by atoms with Crippen molar-refractivity contribution in [2.24, 2.45) is 0 Å². The average Bonchev–Trinajstić information content (AvgIpc) is 2.43. The van der Waals surface area contributed by atoms with Gasteiger partial charge in [-0.1, -0.05) is 24.3 Å². The Morgan fingerprint density at radius 1 is 0.696 bits per heavy atom. The van der Waals surface area contributed by atoms with Crippen molar-refractivity contribution in [3.05, 3.63) is 47.5 Å². The maximum absolute atomic E-state index is 9.74. The normalized spacial score (nSPS) is 12.4. The number of rotatable bonds is 4. The van der Waals surface area contributed by atoms with Crippen LogP contribution in [-0.2, 0) is 4.12 Å². The van der Waals surface area contributed by atoms with Gasteiger partial charge in [0.2, 0.25) is 16.6 Å². The van der Waals surface area contributed by atoms with Crippen molar-refractivity contribution in [2.45, 2.75) is 40.0 Å². The Hall–Kier alpha value is -1.57. The van der Waals surface area contributed by atoms with Gasteiger partial charge in [-0.25, -0.2) is 0 Å². The molecule has 0 aliphatic heterocycles. The molecular formula is C18H26O3Si2. The van der Waals surface area contributed by atoms with Crippen LogP contribution in [0.4, 0.5) is 0 Å². The molecule has 0 spiro atoms. The van der Waals surface area contributed by atoms with E-state index in [2.05, 4.69) is 26.2 Å². The third-order valence-electron chi connectivity index (χ3n) is 4.29. The lowest BCUT2D eigenvalue weighted by molar-refractivity contribution is 0.471. The molecule has 2 aromatic carbocycles. The van der Waals surface area contributed by atoms with Gasteiger partial charge in [0.15, 0.2) is 0 Å². The maximum atomic E-state index is 9.74. The zero-order valence-corrected chi connectivity index (χ0v) is 16.8. The second-order valence-corrected chi connectivity index (χ2v) is 15.1. The molecule has 0 heterocycles. The van der Waals surface area contributed by atoms with Gasteiger partial charge < -0.3 is 14.3 Å². The molecule has 0 aromatic heterocycles. The van der Waals surface area contributed by atoms with Gasteiger partial charge in [-0.05, 0) is 73.7 Å². The van der Waals surface area contributed by atoms with Gasteiger partial charge in [0.1, 0.15) is 11.5 Å². The fraction of sp³-hybridized carbons (Fsp3) is 0.333. The van der Waals surface area contributed by atoms with Crippen LogP contribution in [0.15, 0.2) is 36.4 Å². The molecule has 0 bridgehead atoms. The summed E-state index contributed by atoms with van der Waals surface area (Å²) in [5.41, 5.74) is 1.76. The summed E-state index contributed by atoms with van der Waals surface area (Å²) in [6.07, 6.45) is 0. The Morgan fingerprint density at radius 3 is 1.35 bits per heavy atom. The lowest BCUT2D eigenvalue weighted by atomic mass is 10.2. The molecule has 0 radical (unpaired) electrons. The van der Waals surface area contributed by atoms with Crippen molar-refractivity contribution in [2.75, 3.05) is 0 Å². The molecule has 23 heavy (non-hydrogen) atoms. The Bertz CT molecular complexity index is 663. The maximum Gasteiger partial charge on any atom is 0.206 e.